The summed E-state index contributed by atoms with van der Waals surface area (Å²) in [6.45, 7) is 11.7. The number of methoxy groups -OCH3 is 1. The Balaban J connectivity index is 3.33. The minimum atomic E-state index is 0.366. The summed E-state index contributed by atoms with van der Waals surface area (Å²) in [5, 5.41) is 0. The van der Waals surface area contributed by atoms with Gasteiger partial charge < -0.3 is 4.74 Å². The molecule has 1 aromatic rings. The highest BCUT2D eigenvalue weighted by Gasteiger charge is 2.39. The molecule has 0 aromatic heterocycles. The van der Waals surface area contributed by atoms with Crippen LogP contribution in [0.15, 0.2) is 18.2 Å². The van der Waals surface area contributed by atoms with Crippen LogP contribution in [-0.4, -0.2) is 28.0 Å². The molecule has 0 aliphatic carbocycles. The van der Waals surface area contributed by atoms with Crippen molar-refractivity contribution in [1.29, 1.82) is 0 Å². The zero-order valence-electron chi connectivity index (χ0n) is 13.3. The van der Waals surface area contributed by atoms with E-state index < -0.39 is 0 Å². The summed E-state index contributed by atoms with van der Waals surface area (Å²) in [7, 11) is 1.71. The number of hydrogen-bond acceptors (Lipinski definition) is 2. The molecule has 0 bridgehead atoms. The van der Waals surface area contributed by atoms with Gasteiger partial charge in [-0.2, -0.15) is 0 Å². The van der Waals surface area contributed by atoms with Crippen molar-refractivity contribution in [3.63, 3.8) is 0 Å². The van der Waals surface area contributed by atoms with E-state index >= 15 is 0 Å². The van der Waals surface area contributed by atoms with Gasteiger partial charge in [-0.3, -0.25) is 4.48 Å². The lowest BCUT2D eigenvalue weighted by molar-refractivity contribution is -0.891. The maximum atomic E-state index is 5.51. The van der Waals surface area contributed by atoms with Crippen molar-refractivity contribution in [2.24, 2.45) is 0 Å². The maximum absolute atomic E-state index is 5.51. The monoisotopic (exact) mass is 312 g/mol. The number of benzene rings is 1. The van der Waals surface area contributed by atoms with Crippen molar-refractivity contribution in [3.05, 3.63) is 29.3 Å². The van der Waals surface area contributed by atoms with Gasteiger partial charge in [0, 0.05) is 5.56 Å². The molecule has 0 fully saturated rings. The van der Waals surface area contributed by atoms with Gasteiger partial charge >= 0.3 is 0 Å². The number of thiol groups is 1. The van der Waals surface area contributed by atoms with E-state index in [0.717, 1.165) is 16.6 Å². The van der Waals surface area contributed by atoms with Crippen LogP contribution < -0.4 is 4.74 Å². The first-order valence-electron chi connectivity index (χ1n) is 7.00. The maximum Gasteiger partial charge on any atom is 0.231 e. The Kier molecular flexibility index (Phi) is 6.05. The summed E-state index contributed by atoms with van der Waals surface area (Å²) in [5.41, 5.74) is 2.42. The standard InChI is InChI=1S/C16H25NOS2/c1-11(2)17(12(3)4,16(19)20)10-14-9-13(5)7-8-15(14)18-6/h7-9,11-12H,10H2,1-6H3/p+1. The van der Waals surface area contributed by atoms with E-state index in [0.29, 0.717) is 16.6 Å². The molecule has 0 aliphatic rings. The lowest BCUT2D eigenvalue weighted by atomic mass is 10.1. The highest BCUT2D eigenvalue weighted by molar-refractivity contribution is 8.10. The fourth-order valence-corrected chi connectivity index (χ4v) is 3.80. The zero-order valence-corrected chi connectivity index (χ0v) is 15.0. The molecular weight excluding hydrogens is 286 g/mol. The quantitative estimate of drug-likeness (QED) is 0.492. The van der Waals surface area contributed by atoms with Gasteiger partial charge in [-0.15, -0.1) is 0 Å². The van der Waals surface area contributed by atoms with Crippen molar-refractivity contribution in [2.75, 3.05) is 7.11 Å². The van der Waals surface area contributed by atoms with Crippen LogP contribution in [0.5, 0.6) is 5.75 Å². The number of rotatable bonds is 5. The molecule has 0 radical (unpaired) electrons. The van der Waals surface area contributed by atoms with Gasteiger partial charge in [0.05, 0.1) is 19.2 Å². The Morgan fingerprint density at radius 3 is 2.20 bits per heavy atom. The highest BCUT2D eigenvalue weighted by atomic mass is 32.1. The van der Waals surface area contributed by atoms with E-state index in [9.17, 15) is 0 Å². The first kappa shape index (κ1) is 17.5. The van der Waals surface area contributed by atoms with Gasteiger partial charge in [-0.25, -0.2) is 0 Å². The second-order valence-electron chi connectivity index (χ2n) is 5.87. The number of thiocarbonyl (C=S) groups is 1. The molecule has 4 heteroatoms. The highest BCUT2D eigenvalue weighted by Crippen LogP contribution is 2.31. The summed E-state index contributed by atoms with van der Waals surface area (Å²) in [4.78, 5) is 0. The summed E-state index contributed by atoms with van der Waals surface area (Å²) in [5.74, 6) is 0.920. The van der Waals surface area contributed by atoms with Crippen LogP contribution in [0.1, 0.15) is 38.8 Å². The lowest BCUT2D eigenvalue weighted by Gasteiger charge is -2.44. The Morgan fingerprint density at radius 1 is 1.25 bits per heavy atom. The molecule has 0 saturated carbocycles. The molecule has 0 saturated heterocycles. The average molecular weight is 313 g/mol. The summed E-state index contributed by atoms with van der Waals surface area (Å²) in [6.07, 6.45) is 0. The van der Waals surface area contributed by atoms with Gasteiger partial charge in [0.1, 0.15) is 12.3 Å². The molecule has 20 heavy (non-hydrogen) atoms. The second-order valence-corrected chi connectivity index (χ2v) is 6.99. The largest absolute Gasteiger partial charge is 0.496 e. The van der Waals surface area contributed by atoms with E-state index in [2.05, 4.69) is 59.4 Å². The lowest BCUT2D eigenvalue weighted by Crippen LogP contribution is -2.58. The van der Waals surface area contributed by atoms with E-state index in [1.807, 2.05) is 6.07 Å². The Labute approximate surface area is 134 Å². The Morgan fingerprint density at radius 2 is 1.80 bits per heavy atom. The van der Waals surface area contributed by atoms with Gasteiger partial charge in [0.25, 0.3) is 0 Å². The van der Waals surface area contributed by atoms with Crippen molar-refractivity contribution in [1.82, 2.24) is 0 Å². The molecule has 0 spiro atoms. The fourth-order valence-electron chi connectivity index (χ4n) is 2.78. The zero-order chi connectivity index (χ0) is 15.5. The third-order valence-electron chi connectivity index (χ3n) is 4.07. The predicted molar refractivity (Wildman–Crippen MR) is 93.6 cm³/mol. The topological polar surface area (TPSA) is 9.23 Å². The molecular formula is C16H26NOS2+. The van der Waals surface area contributed by atoms with E-state index in [4.69, 9.17) is 17.0 Å². The van der Waals surface area contributed by atoms with Gasteiger partial charge in [-0.05, 0) is 59.0 Å². The van der Waals surface area contributed by atoms with Crippen molar-refractivity contribution >= 4 is 29.2 Å². The molecule has 0 atom stereocenters. The van der Waals surface area contributed by atoms with Crippen molar-refractivity contribution in [3.8, 4) is 5.75 Å². The van der Waals surface area contributed by atoms with Gasteiger partial charge in [0.2, 0.25) is 4.32 Å². The first-order chi connectivity index (χ1) is 9.25. The van der Waals surface area contributed by atoms with Crippen LogP contribution in [-0.2, 0) is 6.54 Å². The van der Waals surface area contributed by atoms with Crippen LogP contribution in [0.25, 0.3) is 0 Å². The first-order valence-corrected chi connectivity index (χ1v) is 7.85. The van der Waals surface area contributed by atoms with E-state index in [1.165, 1.54) is 11.1 Å². The van der Waals surface area contributed by atoms with E-state index in [1.54, 1.807) is 7.11 Å². The number of nitrogens with zero attached hydrogens (tertiary/aromatic N) is 1. The average Bonchev–Trinajstić information content (AvgIpc) is 2.34. The van der Waals surface area contributed by atoms with Crippen LogP contribution in [0, 0.1) is 6.92 Å². The fraction of sp³-hybridized carbons (Fsp3) is 0.562. The summed E-state index contributed by atoms with van der Waals surface area (Å²) < 4.78 is 6.92. The normalized spacial score (nSPS) is 12.1. The van der Waals surface area contributed by atoms with Crippen LogP contribution >= 0.6 is 24.8 Å². The van der Waals surface area contributed by atoms with Crippen molar-refractivity contribution < 1.29 is 9.22 Å². The molecule has 0 N–H and O–H groups in total. The molecule has 1 aromatic carbocycles. The molecule has 1 rings (SSSR count). The predicted octanol–water partition coefficient (Wildman–Crippen LogP) is 4.35. The third-order valence-corrected chi connectivity index (χ3v) is 4.78. The SMILES string of the molecule is COc1ccc(C)cc1C[N+](C(=S)S)(C(C)C)C(C)C. The smallest absolute Gasteiger partial charge is 0.231 e. The Bertz CT molecular complexity index is 475. The minimum absolute atomic E-state index is 0.366. The number of ether oxygens (including phenoxy) is 1. The van der Waals surface area contributed by atoms with E-state index in [-0.39, 0.29) is 0 Å². The van der Waals surface area contributed by atoms with Crippen LogP contribution in [0.4, 0.5) is 0 Å². The molecule has 0 heterocycles. The third kappa shape index (κ3) is 3.35. The van der Waals surface area contributed by atoms with Crippen LogP contribution in [0.2, 0.25) is 0 Å². The second kappa shape index (κ2) is 6.92. The molecule has 112 valence electrons. The summed E-state index contributed by atoms with van der Waals surface area (Å²) in [6, 6.07) is 7.01. The molecule has 0 aliphatic heterocycles. The number of aryl methyl sites for hydroxylation is 1. The number of hydrogen-bond donors (Lipinski definition) is 1. The van der Waals surface area contributed by atoms with Crippen LogP contribution in [0.3, 0.4) is 0 Å². The Hall–Kier alpha value is -0.580. The molecule has 0 amide bonds. The van der Waals surface area contributed by atoms with Gasteiger partial charge in [0.15, 0.2) is 0 Å². The molecule has 0 unspecified atom stereocenters. The number of quaternary nitrogens is 1. The minimum Gasteiger partial charge on any atom is -0.496 e. The van der Waals surface area contributed by atoms with Crippen molar-refractivity contribution in [2.45, 2.75) is 53.2 Å². The van der Waals surface area contributed by atoms with Gasteiger partial charge in [-0.1, -0.05) is 24.3 Å². The summed E-state index contributed by atoms with van der Waals surface area (Å²) >= 11 is 10.0. The molecule has 2 nitrogen and oxygen atoms in total.